The fourth-order valence-electron chi connectivity index (χ4n) is 3.35. The fraction of sp³-hybridized carbons (Fsp3) is 0.938. The van der Waals surface area contributed by atoms with Gasteiger partial charge in [0.15, 0.2) is 0 Å². The van der Waals surface area contributed by atoms with Gasteiger partial charge in [-0.1, -0.05) is 27.7 Å². The minimum Gasteiger partial charge on any atom is -0.462 e. The normalized spacial score (nSPS) is 34.6. The molecule has 0 amide bonds. The summed E-state index contributed by atoms with van der Waals surface area (Å²) in [6.45, 7) is 8.68. The van der Waals surface area contributed by atoms with Crippen LogP contribution < -0.4 is 0 Å². The Hall–Kier alpha value is -0.570. The number of esters is 1. The molecule has 19 heavy (non-hydrogen) atoms. The third-order valence-electron chi connectivity index (χ3n) is 4.61. The highest BCUT2D eigenvalue weighted by Gasteiger charge is 2.47. The average Bonchev–Trinajstić information content (AvgIpc) is 3.08. The summed E-state index contributed by atoms with van der Waals surface area (Å²) in [7, 11) is 0. The highest BCUT2D eigenvalue weighted by atomic mass is 16.6. The zero-order valence-electron chi connectivity index (χ0n) is 12.8. The van der Waals surface area contributed by atoms with Gasteiger partial charge >= 0.3 is 5.97 Å². The molecule has 0 N–H and O–H groups in total. The Morgan fingerprint density at radius 2 is 2.16 bits per heavy atom. The number of rotatable bonds is 5. The predicted octanol–water partition coefficient (Wildman–Crippen LogP) is 3.70. The number of epoxide rings is 1. The van der Waals surface area contributed by atoms with Crippen molar-refractivity contribution in [1.82, 2.24) is 0 Å². The van der Waals surface area contributed by atoms with Crippen LogP contribution in [0.4, 0.5) is 0 Å². The summed E-state index contributed by atoms with van der Waals surface area (Å²) >= 11 is 0. The number of carbonyl (C=O) groups excluding carboxylic acids is 1. The van der Waals surface area contributed by atoms with Crippen LogP contribution in [0.1, 0.15) is 66.2 Å². The monoisotopic (exact) mass is 268 g/mol. The van der Waals surface area contributed by atoms with Gasteiger partial charge < -0.3 is 9.47 Å². The molecule has 0 aromatic carbocycles. The van der Waals surface area contributed by atoms with Crippen molar-refractivity contribution in [3.63, 3.8) is 0 Å². The molecule has 0 aromatic heterocycles. The first-order valence-corrected chi connectivity index (χ1v) is 7.83. The van der Waals surface area contributed by atoms with Crippen LogP contribution in [0.25, 0.3) is 0 Å². The zero-order chi connectivity index (χ0) is 14.0. The van der Waals surface area contributed by atoms with Gasteiger partial charge in [0.05, 0.1) is 18.1 Å². The molecule has 0 spiro atoms. The van der Waals surface area contributed by atoms with Gasteiger partial charge in [-0.25, -0.2) is 0 Å². The Kier molecular flexibility index (Phi) is 4.54. The first-order chi connectivity index (χ1) is 8.96. The molecule has 1 heterocycles. The predicted molar refractivity (Wildman–Crippen MR) is 74.9 cm³/mol. The Balaban J connectivity index is 1.86. The Morgan fingerprint density at radius 3 is 2.68 bits per heavy atom. The number of ether oxygens (including phenoxy) is 2. The summed E-state index contributed by atoms with van der Waals surface area (Å²) < 4.78 is 11.3. The van der Waals surface area contributed by atoms with Crippen LogP contribution in [-0.2, 0) is 14.3 Å². The quantitative estimate of drug-likeness (QED) is 0.563. The van der Waals surface area contributed by atoms with Crippen LogP contribution >= 0.6 is 0 Å². The van der Waals surface area contributed by atoms with Crippen LogP contribution in [0, 0.1) is 11.3 Å². The number of carbonyl (C=O) groups is 1. The van der Waals surface area contributed by atoms with Crippen molar-refractivity contribution in [2.24, 2.45) is 11.3 Å². The summed E-state index contributed by atoms with van der Waals surface area (Å²) in [6, 6.07) is 0. The van der Waals surface area contributed by atoms with Crippen molar-refractivity contribution >= 4 is 5.97 Å². The van der Waals surface area contributed by atoms with E-state index in [0.29, 0.717) is 5.41 Å². The lowest BCUT2D eigenvalue weighted by Crippen LogP contribution is -2.33. The summed E-state index contributed by atoms with van der Waals surface area (Å²) in [5.74, 6) is -0.0962. The fourth-order valence-corrected chi connectivity index (χ4v) is 3.35. The van der Waals surface area contributed by atoms with Crippen LogP contribution in [0.3, 0.4) is 0 Å². The molecule has 0 aromatic rings. The van der Waals surface area contributed by atoms with E-state index in [9.17, 15) is 4.79 Å². The highest BCUT2D eigenvalue weighted by Crippen LogP contribution is 2.38. The van der Waals surface area contributed by atoms with Crippen molar-refractivity contribution in [2.75, 3.05) is 0 Å². The second kappa shape index (κ2) is 5.82. The lowest BCUT2D eigenvalue weighted by molar-refractivity contribution is -0.158. The van der Waals surface area contributed by atoms with E-state index in [0.717, 1.165) is 25.7 Å². The molecule has 3 heteroatoms. The van der Waals surface area contributed by atoms with Gasteiger partial charge in [0, 0.05) is 0 Å². The molecule has 0 bridgehead atoms. The number of hydrogen-bond acceptors (Lipinski definition) is 3. The molecule has 4 unspecified atom stereocenters. The molecule has 1 aliphatic heterocycles. The maximum absolute atomic E-state index is 12.3. The molecular weight excluding hydrogens is 240 g/mol. The van der Waals surface area contributed by atoms with Crippen LogP contribution in [0.5, 0.6) is 0 Å². The van der Waals surface area contributed by atoms with Gasteiger partial charge in [0.25, 0.3) is 0 Å². The average molecular weight is 268 g/mol. The van der Waals surface area contributed by atoms with Gasteiger partial charge in [0.2, 0.25) is 0 Å². The molecule has 2 fully saturated rings. The van der Waals surface area contributed by atoms with E-state index in [4.69, 9.17) is 9.47 Å². The van der Waals surface area contributed by atoms with E-state index in [-0.39, 0.29) is 30.2 Å². The summed E-state index contributed by atoms with van der Waals surface area (Å²) in [6.07, 6.45) is 6.73. The van der Waals surface area contributed by atoms with Crippen molar-refractivity contribution in [1.29, 1.82) is 0 Å². The largest absolute Gasteiger partial charge is 0.462 e. The lowest BCUT2D eigenvalue weighted by atomic mass is 9.76. The standard InChI is InChI=1S/C16H28O3/c1-5-12(14-13(6-2)19-14)15(17)18-11-8-7-9-16(3,4)10-11/h11-14H,5-10H2,1-4H3. The first-order valence-electron chi connectivity index (χ1n) is 7.83. The lowest BCUT2D eigenvalue weighted by Gasteiger charge is -2.35. The van der Waals surface area contributed by atoms with Gasteiger partial charge in [-0.3, -0.25) is 4.79 Å². The van der Waals surface area contributed by atoms with E-state index >= 15 is 0 Å². The van der Waals surface area contributed by atoms with Crippen molar-refractivity contribution in [3.05, 3.63) is 0 Å². The summed E-state index contributed by atoms with van der Waals surface area (Å²) in [4.78, 5) is 12.3. The van der Waals surface area contributed by atoms with Gasteiger partial charge in [-0.2, -0.15) is 0 Å². The third kappa shape index (κ3) is 3.71. The molecule has 3 nitrogen and oxygen atoms in total. The van der Waals surface area contributed by atoms with E-state index in [1.54, 1.807) is 0 Å². The van der Waals surface area contributed by atoms with Crippen LogP contribution in [0.15, 0.2) is 0 Å². The van der Waals surface area contributed by atoms with Crippen molar-refractivity contribution in [2.45, 2.75) is 84.5 Å². The summed E-state index contributed by atoms with van der Waals surface area (Å²) in [5.41, 5.74) is 0.312. The van der Waals surface area contributed by atoms with Crippen LogP contribution in [-0.4, -0.2) is 24.3 Å². The Morgan fingerprint density at radius 1 is 1.42 bits per heavy atom. The first kappa shape index (κ1) is 14.8. The minimum atomic E-state index is -0.0602. The molecular formula is C16H28O3. The second-order valence-electron chi connectivity index (χ2n) is 6.88. The number of hydrogen-bond donors (Lipinski definition) is 0. The molecule has 110 valence electrons. The van der Waals surface area contributed by atoms with Crippen molar-refractivity contribution in [3.8, 4) is 0 Å². The molecule has 1 aliphatic carbocycles. The maximum Gasteiger partial charge on any atom is 0.311 e. The topological polar surface area (TPSA) is 38.8 Å². The second-order valence-corrected chi connectivity index (χ2v) is 6.88. The Labute approximate surface area is 117 Å². The molecule has 2 rings (SSSR count). The smallest absolute Gasteiger partial charge is 0.311 e. The Bertz CT molecular complexity index is 324. The minimum absolute atomic E-state index is 0.0360. The molecule has 2 aliphatic rings. The van der Waals surface area contributed by atoms with E-state index in [1.165, 1.54) is 12.8 Å². The maximum atomic E-state index is 12.3. The highest BCUT2D eigenvalue weighted by molar-refractivity contribution is 5.73. The zero-order valence-corrected chi connectivity index (χ0v) is 12.8. The molecule has 4 atom stereocenters. The van der Waals surface area contributed by atoms with Crippen LogP contribution in [0.2, 0.25) is 0 Å². The third-order valence-corrected chi connectivity index (χ3v) is 4.61. The molecule has 1 saturated heterocycles. The van der Waals surface area contributed by atoms with E-state index < -0.39 is 0 Å². The SMILES string of the molecule is CCC1OC1C(CC)C(=O)OC1CCCC(C)(C)C1. The van der Waals surface area contributed by atoms with Gasteiger partial charge in [-0.05, 0) is 43.9 Å². The van der Waals surface area contributed by atoms with Crippen molar-refractivity contribution < 1.29 is 14.3 Å². The van der Waals surface area contributed by atoms with Gasteiger partial charge in [-0.15, -0.1) is 0 Å². The van der Waals surface area contributed by atoms with Gasteiger partial charge in [0.1, 0.15) is 6.10 Å². The van der Waals surface area contributed by atoms with E-state index in [1.807, 2.05) is 6.92 Å². The molecule has 1 saturated carbocycles. The summed E-state index contributed by atoms with van der Waals surface area (Å²) in [5, 5.41) is 0. The molecule has 0 radical (unpaired) electrons. The van der Waals surface area contributed by atoms with E-state index in [2.05, 4.69) is 20.8 Å².